The smallest absolute Gasteiger partial charge is 0.338 e. The van der Waals surface area contributed by atoms with Crippen LogP contribution in [-0.4, -0.2) is 42.4 Å². The summed E-state index contributed by atoms with van der Waals surface area (Å²) >= 11 is 0. The number of fused-ring (bicyclic) bond motifs is 2. The standard InChI is InChI=1S/C32H39N5O3/c1-19(2)18-40-32(39)23-13-20-5-3-4-6-27(20)24(14-23)17-37-28-16-22(30(34)35)8-7-21(28)15-29(37)31(38)36-26-11-9-25(33)10-12-26/h3-8,13-14,16,19,25-26,29H,9-12,15,17-18,33H2,1-2H3,(H3,34,35)(H,36,38). The second-order valence-corrected chi connectivity index (χ2v) is 11.6. The van der Waals surface area contributed by atoms with Crippen LogP contribution in [0.4, 0.5) is 5.69 Å². The maximum Gasteiger partial charge on any atom is 0.338 e. The summed E-state index contributed by atoms with van der Waals surface area (Å²) in [7, 11) is 0. The molecule has 2 aliphatic rings. The van der Waals surface area contributed by atoms with Gasteiger partial charge in [0.2, 0.25) is 5.91 Å². The molecule has 1 amide bonds. The molecule has 0 radical (unpaired) electrons. The molecule has 8 heteroatoms. The van der Waals surface area contributed by atoms with E-state index in [9.17, 15) is 9.59 Å². The van der Waals surface area contributed by atoms with Gasteiger partial charge in [-0.15, -0.1) is 0 Å². The maximum absolute atomic E-state index is 13.7. The number of nitrogens with one attached hydrogen (secondary N) is 2. The van der Waals surface area contributed by atoms with E-state index in [0.717, 1.165) is 53.3 Å². The number of benzene rings is 3. The largest absolute Gasteiger partial charge is 0.462 e. The normalized spacial score (nSPS) is 20.4. The number of nitrogen functional groups attached to an aromatic ring is 1. The Kier molecular flexibility index (Phi) is 8.07. The van der Waals surface area contributed by atoms with Crippen LogP contribution < -0.4 is 21.7 Å². The van der Waals surface area contributed by atoms with E-state index in [0.29, 0.717) is 30.7 Å². The van der Waals surface area contributed by atoms with Crippen molar-refractivity contribution in [3.63, 3.8) is 0 Å². The van der Waals surface area contributed by atoms with Crippen molar-refractivity contribution in [1.29, 1.82) is 5.41 Å². The fourth-order valence-electron chi connectivity index (χ4n) is 5.80. The molecule has 0 spiro atoms. The van der Waals surface area contributed by atoms with Crippen LogP contribution in [0.25, 0.3) is 10.8 Å². The Hall–Kier alpha value is -3.91. The summed E-state index contributed by atoms with van der Waals surface area (Å²) in [5.74, 6) is -0.154. The summed E-state index contributed by atoms with van der Waals surface area (Å²) in [6.45, 7) is 4.77. The second-order valence-electron chi connectivity index (χ2n) is 11.6. The lowest BCUT2D eigenvalue weighted by Crippen LogP contribution is -2.49. The van der Waals surface area contributed by atoms with Gasteiger partial charge in [0.25, 0.3) is 0 Å². The Morgan fingerprint density at radius 1 is 1.05 bits per heavy atom. The van der Waals surface area contributed by atoms with E-state index in [4.69, 9.17) is 21.6 Å². The highest BCUT2D eigenvalue weighted by atomic mass is 16.5. The van der Waals surface area contributed by atoms with Gasteiger partial charge in [-0.2, -0.15) is 0 Å². The molecule has 8 nitrogen and oxygen atoms in total. The van der Waals surface area contributed by atoms with Gasteiger partial charge in [0.05, 0.1) is 12.2 Å². The summed E-state index contributed by atoms with van der Waals surface area (Å²) in [5.41, 5.74) is 15.9. The lowest BCUT2D eigenvalue weighted by molar-refractivity contribution is -0.123. The van der Waals surface area contributed by atoms with Gasteiger partial charge < -0.3 is 26.4 Å². The number of amidine groups is 1. The van der Waals surface area contributed by atoms with Gasteiger partial charge >= 0.3 is 5.97 Å². The van der Waals surface area contributed by atoms with Gasteiger partial charge in [0.15, 0.2) is 0 Å². The fraction of sp³-hybridized carbons (Fsp3) is 0.406. The molecular weight excluding hydrogens is 502 g/mol. The number of nitrogens with two attached hydrogens (primary N) is 2. The third-order valence-electron chi connectivity index (χ3n) is 7.99. The first-order valence-electron chi connectivity index (χ1n) is 14.2. The third-order valence-corrected chi connectivity index (χ3v) is 7.99. The number of esters is 1. The molecule has 3 aromatic rings. The number of ether oxygens (including phenoxy) is 1. The molecule has 1 unspecified atom stereocenters. The first kappa shape index (κ1) is 27.6. The highest BCUT2D eigenvalue weighted by Gasteiger charge is 2.36. The number of carbonyl (C=O) groups excluding carboxylic acids is 2. The minimum Gasteiger partial charge on any atom is -0.462 e. The summed E-state index contributed by atoms with van der Waals surface area (Å²) in [4.78, 5) is 28.8. The molecule has 1 aliphatic carbocycles. The molecule has 0 saturated heterocycles. The molecule has 1 fully saturated rings. The number of rotatable bonds is 8. The van der Waals surface area contributed by atoms with E-state index >= 15 is 0 Å². The van der Waals surface area contributed by atoms with E-state index in [1.165, 1.54) is 0 Å². The minimum absolute atomic E-state index is 0.0159. The fourth-order valence-corrected chi connectivity index (χ4v) is 5.80. The topological polar surface area (TPSA) is 135 Å². The van der Waals surface area contributed by atoms with Crippen LogP contribution in [0.2, 0.25) is 0 Å². The molecule has 210 valence electrons. The average Bonchev–Trinajstić information content (AvgIpc) is 3.30. The minimum atomic E-state index is -0.428. The highest BCUT2D eigenvalue weighted by Crippen LogP contribution is 2.36. The molecular formula is C32H39N5O3. The highest BCUT2D eigenvalue weighted by molar-refractivity contribution is 5.99. The van der Waals surface area contributed by atoms with Crippen LogP contribution in [0.15, 0.2) is 54.6 Å². The number of amides is 1. The number of carbonyl (C=O) groups is 2. The van der Waals surface area contributed by atoms with E-state index in [-0.39, 0.29) is 35.7 Å². The van der Waals surface area contributed by atoms with E-state index in [2.05, 4.69) is 10.2 Å². The number of hydrogen-bond acceptors (Lipinski definition) is 6. The van der Waals surface area contributed by atoms with Gasteiger partial charge in [-0.3, -0.25) is 10.2 Å². The summed E-state index contributed by atoms with van der Waals surface area (Å²) in [5, 5.41) is 13.2. The predicted octanol–water partition coefficient (Wildman–Crippen LogP) is 4.25. The Morgan fingerprint density at radius 3 is 2.52 bits per heavy atom. The molecule has 40 heavy (non-hydrogen) atoms. The van der Waals surface area contributed by atoms with Crippen LogP contribution >= 0.6 is 0 Å². The van der Waals surface area contributed by atoms with Gasteiger partial charge in [-0.05, 0) is 71.7 Å². The van der Waals surface area contributed by atoms with Crippen molar-refractivity contribution in [3.05, 3.63) is 76.9 Å². The zero-order chi connectivity index (χ0) is 28.4. The molecule has 5 rings (SSSR count). The van der Waals surface area contributed by atoms with Crippen molar-refractivity contribution >= 4 is 34.2 Å². The van der Waals surface area contributed by atoms with Crippen LogP contribution in [0.1, 0.15) is 66.6 Å². The third kappa shape index (κ3) is 5.97. The Morgan fingerprint density at radius 2 is 1.80 bits per heavy atom. The molecule has 6 N–H and O–H groups in total. The second kappa shape index (κ2) is 11.7. The first-order chi connectivity index (χ1) is 19.2. The predicted molar refractivity (Wildman–Crippen MR) is 159 cm³/mol. The molecule has 1 heterocycles. The summed E-state index contributed by atoms with van der Waals surface area (Å²) in [6.07, 6.45) is 4.14. The van der Waals surface area contributed by atoms with Crippen molar-refractivity contribution < 1.29 is 14.3 Å². The van der Waals surface area contributed by atoms with Crippen LogP contribution in [-0.2, 0) is 22.5 Å². The lowest BCUT2D eigenvalue weighted by atomic mass is 9.91. The lowest BCUT2D eigenvalue weighted by Gasteiger charge is -2.31. The Labute approximate surface area is 235 Å². The molecule has 0 bridgehead atoms. The van der Waals surface area contributed by atoms with Crippen LogP contribution in [0.5, 0.6) is 0 Å². The molecule has 1 saturated carbocycles. The van der Waals surface area contributed by atoms with Crippen molar-refractivity contribution in [2.75, 3.05) is 11.5 Å². The quantitative estimate of drug-likeness (QED) is 0.191. The molecule has 3 aromatic carbocycles. The first-order valence-corrected chi connectivity index (χ1v) is 14.2. The van der Waals surface area contributed by atoms with Crippen LogP contribution in [0.3, 0.4) is 0 Å². The molecule has 0 aromatic heterocycles. The van der Waals surface area contributed by atoms with Crippen molar-refractivity contribution in [2.24, 2.45) is 17.4 Å². The van der Waals surface area contributed by atoms with E-state index in [1.807, 2.05) is 68.4 Å². The average molecular weight is 542 g/mol. The zero-order valence-electron chi connectivity index (χ0n) is 23.3. The van der Waals surface area contributed by atoms with Crippen molar-refractivity contribution in [2.45, 2.75) is 70.6 Å². The number of anilines is 1. The van der Waals surface area contributed by atoms with Crippen molar-refractivity contribution in [1.82, 2.24) is 5.32 Å². The van der Waals surface area contributed by atoms with Crippen LogP contribution in [0, 0.1) is 11.3 Å². The Bertz CT molecular complexity index is 1430. The van der Waals surface area contributed by atoms with Gasteiger partial charge in [-0.25, -0.2) is 4.79 Å². The molecule has 1 atom stereocenters. The van der Waals surface area contributed by atoms with E-state index < -0.39 is 6.04 Å². The Balaban J connectivity index is 1.50. The van der Waals surface area contributed by atoms with Crippen molar-refractivity contribution in [3.8, 4) is 0 Å². The summed E-state index contributed by atoms with van der Waals surface area (Å²) < 4.78 is 5.55. The van der Waals surface area contributed by atoms with E-state index in [1.54, 1.807) is 0 Å². The van der Waals surface area contributed by atoms with Gasteiger partial charge in [0, 0.05) is 36.3 Å². The SMILES string of the molecule is CC(C)COC(=O)c1cc(CN2c3cc(C(=N)N)ccc3CC2C(=O)NC2CCC(N)CC2)c2ccccc2c1. The maximum atomic E-state index is 13.7. The zero-order valence-corrected chi connectivity index (χ0v) is 23.3. The number of nitrogens with zero attached hydrogens (tertiary/aromatic N) is 1. The van der Waals surface area contributed by atoms with Gasteiger partial charge in [-0.1, -0.05) is 50.2 Å². The molecule has 1 aliphatic heterocycles. The summed E-state index contributed by atoms with van der Waals surface area (Å²) in [6, 6.07) is 17.3. The number of hydrogen-bond donors (Lipinski definition) is 4. The monoisotopic (exact) mass is 541 g/mol. The van der Waals surface area contributed by atoms with Gasteiger partial charge in [0.1, 0.15) is 11.9 Å².